The summed E-state index contributed by atoms with van der Waals surface area (Å²) in [7, 11) is 0. The largest absolute Gasteiger partial charge is 0.384 e. The molecule has 4 N–H and O–H groups in total. The number of nitrogens with one attached hydrogen (secondary N) is 1. The van der Waals surface area contributed by atoms with Crippen molar-refractivity contribution in [3.63, 3.8) is 0 Å². The molecule has 2 aromatic heterocycles. The smallest absolute Gasteiger partial charge is 0.351 e. The van der Waals surface area contributed by atoms with E-state index in [9.17, 15) is 18.7 Å². The van der Waals surface area contributed by atoms with Gasteiger partial charge in [0.15, 0.2) is 0 Å². The highest BCUT2D eigenvalue weighted by atomic mass is 32.1. The number of nitrogens with two attached hydrogens (primary N) is 1. The lowest BCUT2D eigenvalue weighted by molar-refractivity contribution is -0.140. The van der Waals surface area contributed by atoms with Gasteiger partial charge in [0, 0.05) is 29.9 Å². The van der Waals surface area contributed by atoms with Crippen molar-refractivity contribution in [1.29, 1.82) is 0 Å². The second-order valence-corrected chi connectivity index (χ2v) is 6.60. The lowest BCUT2D eigenvalue weighted by atomic mass is 10.1. The predicted octanol–water partition coefficient (Wildman–Crippen LogP) is 0.526. The van der Waals surface area contributed by atoms with Crippen LogP contribution in [-0.4, -0.2) is 43.7 Å². The van der Waals surface area contributed by atoms with Crippen molar-refractivity contribution in [2.24, 2.45) is 0 Å². The zero-order chi connectivity index (χ0) is 18.2. The molecule has 1 fully saturated rings. The number of anilines is 1. The summed E-state index contributed by atoms with van der Waals surface area (Å²) in [5.41, 5.74) is 4.39. The molecule has 1 aliphatic rings. The quantitative estimate of drug-likeness (QED) is 0.700. The molecule has 1 aliphatic heterocycles. The second kappa shape index (κ2) is 6.75. The standard InChI is InChI=1S/C14H17F2N5O3S/c1-7(9-2-4-19-25-9)18-6-8-11(22)14(15,16)12(24-8)21-5-3-10(17)20-13(21)23/h2-5,7-8,11-12,18,22H,6H2,1H3,(H2,17,20,23)/t7?,8-,11-,12-/m1/s1. The molecule has 0 spiro atoms. The Morgan fingerprint density at radius 2 is 2.32 bits per heavy atom. The molecule has 3 heterocycles. The fourth-order valence-electron chi connectivity index (χ4n) is 2.58. The third-order valence-corrected chi connectivity index (χ3v) is 4.92. The third-order valence-electron chi connectivity index (χ3n) is 3.99. The van der Waals surface area contributed by atoms with Gasteiger partial charge in [0.1, 0.15) is 18.0 Å². The summed E-state index contributed by atoms with van der Waals surface area (Å²) in [6.45, 7) is 1.82. The number of hydrogen-bond acceptors (Lipinski definition) is 8. The second-order valence-electron chi connectivity index (χ2n) is 5.73. The molecule has 8 nitrogen and oxygen atoms in total. The summed E-state index contributed by atoms with van der Waals surface area (Å²) >= 11 is 1.29. The number of aromatic nitrogens is 3. The monoisotopic (exact) mass is 373 g/mol. The highest BCUT2D eigenvalue weighted by molar-refractivity contribution is 7.05. The van der Waals surface area contributed by atoms with Crippen LogP contribution in [0.1, 0.15) is 24.1 Å². The van der Waals surface area contributed by atoms with Crippen LogP contribution in [0.5, 0.6) is 0 Å². The van der Waals surface area contributed by atoms with E-state index in [0.29, 0.717) is 4.57 Å². The highest BCUT2D eigenvalue weighted by Gasteiger charge is 2.59. The van der Waals surface area contributed by atoms with Crippen LogP contribution in [0, 0.1) is 0 Å². The summed E-state index contributed by atoms with van der Waals surface area (Å²) < 4.78 is 38.7. The van der Waals surface area contributed by atoms with E-state index < -0.39 is 30.0 Å². The molecule has 136 valence electrons. The van der Waals surface area contributed by atoms with Gasteiger partial charge in [-0.2, -0.15) is 13.8 Å². The maximum absolute atomic E-state index is 14.4. The van der Waals surface area contributed by atoms with Crippen molar-refractivity contribution in [3.05, 3.63) is 39.9 Å². The zero-order valence-electron chi connectivity index (χ0n) is 13.2. The lowest BCUT2D eigenvalue weighted by Crippen LogP contribution is -2.43. The van der Waals surface area contributed by atoms with E-state index in [1.807, 2.05) is 13.0 Å². The third kappa shape index (κ3) is 3.40. The molecular weight excluding hydrogens is 356 g/mol. The van der Waals surface area contributed by atoms with Gasteiger partial charge < -0.3 is 20.9 Å². The molecule has 0 saturated carbocycles. The Hall–Kier alpha value is -1.95. The zero-order valence-corrected chi connectivity index (χ0v) is 14.0. The van der Waals surface area contributed by atoms with E-state index >= 15 is 0 Å². The van der Waals surface area contributed by atoms with Gasteiger partial charge in [0.05, 0.1) is 0 Å². The number of ether oxygens (including phenoxy) is 1. The van der Waals surface area contributed by atoms with Gasteiger partial charge in [0.25, 0.3) is 0 Å². The van der Waals surface area contributed by atoms with Crippen LogP contribution in [0.4, 0.5) is 14.6 Å². The maximum atomic E-state index is 14.4. The molecule has 1 unspecified atom stereocenters. The number of nitrogen functional groups attached to an aromatic ring is 1. The van der Waals surface area contributed by atoms with Crippen molar-refractivity contribution in [2.75, 3.05) is 12.3 Å². The molecule has 0 aromatic carbocycles. The Morgan fingerprint density at radius 1 is 1.56 bits per heavy atom. The van der Waals surface area contributed by atoms with Crippen LogP contribution < -0.4 is 16.7 Å². The number of hydrogen-bond donors (Lipinski definition) is 3. The molecule has 2 aromatic rings. The van der Waals surface area contributed by atoms with Gasteiger partial charge in [-0.3, -0.25) is 4.57 Å². The Labute approximate surface area is 145 Å². The van der Waals surface area contributed by atoms with Crippen LogP contribution >= 0.6 is 11.5 Å². The lowest BCUT2D eigenvalue weighted by Gasteiger charge is -2.20. The minimum atomic E-state index is -3.65. The fourth-order valence-corrected chi connectivity index (χ4v) is 3.19. The van der Waals surface area contributed by atoms with Crippen molar-refractivity contribution >= 4 is 17.4 Å². The normalized spacial score (nSPS) is 26.6. The van der Waals surface area contributed by atoms with Gasteiger partial charge in [0.2, 0.25) is 6.23 Å². The average Bonchev–Trinajstić information content (AvgIpc) is 3.15. The number of nitrogens with zero attached hydrogens (tertiary/aromatic N) is 3. The number of aliphatic hydroxyl groups is 1. The summed E-state index contributed by atoms with van der Waals surface area (Å²) in [6.07, 6.45) is -2.49. The van der Waals surface area contributed by atoms with Gasteiger partial charge >= 0.3 is 11.6 Å². The summed E-state index contributed by atoms with van der Waals surface area (Å²) in [5, 5.41) is 13.0. The number of halogens is 2. The minimum absolute atomic E-state index is 0.0243. The first-order chi connectivity index (χ1) is 11.8. The Balaban J connectivity index is 1.74. The topological polar surface area (TPSA) is 115 Å². The van der Waals surface area contributed by atoms with E-state index in [2.05, 4.69) is 14.7 Å². The molecule has 0 aliphatic carbocycles. The Kier molecular flexibility index (Phi) is 4.82. The van der Waals surface area contributed by atoms with Crippen LogP contribution in [0.3, 0.4) is 0 Å². The first kappa shape index (κ1) is 17.9. The number of aliphatic hydroxyl groups excluding tert-OH is 1. The molecule has 0 radical (unpaired) electrons. The van der Waals surface area contributed by atoms with Gasteiger partial charge in [-0.25, -0.2) is 9.17 Å². The molecule has 11 heteroatoms. The van der Waals surface area contributed by atoms with E-state index in [0.717, 1.165) is 11.1 Å². The van der Waals surface area contributed by atoms with Crippen molar-refractivity contribution in [3.8, 4) is 0 Å². The van der Waals surface area contributed by atoms with Crippen LogP contribution in [0.2, 0.25) is 0 Å². The van der Waals surface area contributed by atoms with E-state index in [1.54, 1.807) is 6.20 Å². The fraction of sp³-hybridized carbons (Fsp3) is 0.500. The Bertz CT molecular complexity index is 785. The molecule has 4 atom stereocenters. The van der Waals surface area contributed by atoms with Crippen LogP contribution in [0.25, 0.3) is 0 Å². The van der Waals surface area contributed by atoms with Crippen LogP contribution in [0.15, 0.2) is 29.3 Å². The maximum Gasteiger partial charge on any atom is 0.351 e. The van der Waals surface area contributed by atoms with Crippen molar-refractivity contribution < 1.29 is 18.6 Å². The van der Waals surface area contributed by atoms with E-state index in [-0.39, 0.29) is 18.4 Å². The van der Waals surface area contributed by atoms with E-state index in [1.165, 1.54) is 17.6 Å². The van der Waals surface area contributed by atoms with E-state index in [4.69, 9.17) is 10.5 Å². The van der Waals surface area contributed by atoms with Crippen molar-refractivity contribution in [1.82, 2.24) is 19.2 Å². The minimum Gasteiger partial charge on any atom is -0.384 e. The molecular formula is C14H17F2N5O3S. The molecule has 25 heavy (non-hydrogen) atoms. The molecule has 1 saturated heterocycles. The van der Waals surface area contributed by atoms with Gasteiger partial charge in [-0.1, -0.05) is 0 Å². The Morgan fingerprint density at radius 3 is 2.96 bits per heavy atom. The SMILES string of the molecule is CC(NC[C@H]1O[C@@H](n2ccc(N)nc2=O)C(F)(F)[C@@H]1O)c1ccns1. The summed E-state index contributed by atoms with van der Waals surface area (Å²) in [5.74, 6) is -3.73. The molecule has 0 amide bonds. The summed E-state index contributed by atoms with van der Waals surface area (Å²) in [6, 6.07) is 2.88. The highest BCUT2D eigenvalue weighted by Crippen LogP contribution is 2.42. The number of rotatable bonds is 5. The first-order valence-electron chi connectivity index (χ1n) is 7.50. The molecule has 3 rings (SSSR count). The van der Waals surface area contributed by atoms with Crippen molar-refractivity contribution in [2.45, 2.75) is 37.3 Å². The first-order valence-corrected chi connectivity index (χ1v) is 8.28. The average molecular weight is 373 g/mol. The number of alkyl halides is 2. The van der Waals surface area contributed by atoms with Crippen LogP contribution in [-0.2, 0) is 4.74 Å². The van der Waals surface area contributed by atoms with Gasteiger partial charge in [-0.15, -0.1) is 0 Å². The van der Waals surface area contributed by atoms with Gasteiger partial charge in [-0.05, 0) is 30.6 Å². The summed E-state index contributed by atoms with van der Waals surface area (Å²) in [4.78, 5) is 16.1. The predicted molar refractivity (Wildman–Crippen MR) is 86.3 cm³/mol. The molecule has 0 bridgehead atoms.